The van der Waals surface area contributed by atoms with Gasteiger partial charge in [-0.1, -0.05) is 13.8 Å². The third kappa shape index (κ3) is 2.38. The highest BCUT2D eigenvalue weighted by Gasteiger charge is 2.14. The van der Waals surface area contributed by atoms with E-state index in [1.165, 1.54) is 11.1 Å². The zero-order chi connectivity index (χ0) is 12.4. The van der Waals surface area contributed by atoms with Gasteiger partial charge in [-0.15, -0.1) is 0 Å². The van der Waals surface area contributed by atoms with Crippen LogP contribution in [0.5, 0.6) is 0 Å². The molecular formula is C14H19N3. The Kier molecular flexibility index (Phi) is 3.27. The van der Waals surface area contributed by atoms with Crippen LogP contribution in [0, 0.1) is 0 Å². The molecule has 0 spiro atoms. The molecule has 0 aliphatic carbocycles. The smallest absolute Gasteiger partial charge is 0.0728 e. The van der Waals surface area contributed by atoms with E-state index in [0.717, 1.165) is 5.69 Å². The zero-order valence-electron chi connectivity index (χ0n) is 10.9. The number of pyridine rings is 1. The van der Waals surface area contributed by atoms with E-state index < -0.39 is 0 Å². The van der Waals surface area contributed by atoms with Crippen LogP contribution in [0.25, 0.3) is 11.1 Å². The molecule has 0 bridgehead atoms. The molecule has 2 aromatic rings. The van der Waals surface area contributed by atoms with Crippen molar-refractivity contribution in [1.29, 1.82) is 0 Å². The summed E-state index contributed by atoms with van der Waals surface area (Å²) in [4.78, 5) is 4.06. The van der Waals surface area contributed by atoms with E-state index >= 15 is 0 Å². The van der Waals surface area contributed by atoms with E-state index in [1.54, 1.807) is 0 Å². The third-order valence-corrected chi connectivity index (χ3v) is 2.83. The Bertz CT molecular complexity index is 483. The molecule has 2 rings (SSSR count). The Balaban J connectivity index is 2.52. The largest absolute Gasteiger partial charge is 0.269 e. The lowest BCUT2D eigenvalue weighted by atomic mass is 10.0. The Labute approximate surface area is 103 Å². The van der Waals surface area contributed by atoms with E-state index in [-0.39, 0.29) is 0 Å². The summed E-state index contributed by atoms with van der Waals surface area (Å²) in [5.41, 5.74) is 3.57. The quantitative estimate of drug-likeness (QED) is 0.804. The molecular weight excluding hydrogens is 210 g/mol. The lowest BCUT2D eigenvalue weighted by Crippen LogP contribution is -2.02. The van der Waals surface area contributed by atoms with Gasteiger partial charge >= 0.3 is 0 Å². The van der Waals surface area contributed by atoms with E-state index in [2.05, 4.69) is 44.0 Å². The average molecular weight is 229 g/mol. The van der Waals surface area contributed by atoms with Crippen molar-refractivity contribution in [1.82, 2.24) is 14.8 Å². The minimum atomic E-state index is 0.392. The fourth-order valence-electron chi connectivity index (χ4n) is 1.85. The molecule has 2 aromatic heterocycles. The molecule has 0 N–H and O–H groups in total. The lowest BCUT2D eigenvalue weighted by Gasteiger charge is -2.05. The van der Waals surface area contributed by atoms with Crippen molar-refractivity contribution in [3.63, 3.8) is 0 Å². The maximum Gasteiger partial charge on any atom is 0.0728 e. The van der Waals surface area contributed by atoms with Gasteiger partial charge in [0.15, 0.2) is 0 Å². The van der Waals surface area contributed by atoms with Crippen LogP contribution in [0.1, 0.15) is 45.3 Å². The van der Waals surface area contributed by atoms with Gasteiger partial charge in [0.1, 0.15) is 0 Å². The number of rotatable bonds is 3. The van der Waals surface area contributed by atoms with Gasteiger partial charge in [-0.25, -0.2) is 0 Å². The standard InChI is InChI=1S/C14H19N3/c1-10(2)14-13(9-17(16-14)11(3)4)12-5-7-15-8-6-12/h5-11H,1-4H3. The number of aromatic nitrogens is 3. The van der Waals surface area contributed by atoms with E-state index in [1.807, 2.05) is 29.2 Å². The first kappa shape index (κ1) is 11.8. The van der Waals surface area contributed by atoms with Crippen molar-refractivity contribution in [2.24, 2.45) is 0 Å². The van der Waals surface area contributed by atoms with Crippen molar-refractivity contribution in [2.75, 3.05) is 0 Å². The first-order chi connectivity index (χ1) is 8.09. The molecule has 2 heterocycles. The lowest BCUT2D eigenvalue weighted by molar-refractivity contribution is 0.523. The Hall–Kier alpha value is -1.64. The van der Waals surface area contributed by atoms with Gasteiger partial charge in [0.2, 0.25) is 0 Å². The molecule has 3 heteroatoms. The van der Waals surface area contributed by atoms with Gasteiger partial charge in [-0.05, 0) is 37.5 Å². The van der Waals surface area contributed by atoms with Crippen LogP contribution < -0.4 is 0 Å². The van der Waals surface area contributed by atoms with Gasteiger partial charge in [0.25, 0.3) is 0 Å². The molecule has 0 atom stereocenters. The summed E-state index contributed by atoms with van der Waals surface area (Å²) in [5, 5.41) is 4.68. The molecule has 0 saturated carbocycles. The van der Waals surface area contributed by atoms with Crippen LogP contribution in [0.15, 0.2) is 30.7 Å². The van der Waals surface area contributed by atoms with E-state index in [0.29, 0.717) is 12.0 Å². The molecule has 17 heavy (non-hydrogen) atoms. The fourth-order valence-corrected chi connectivity index (χ4v) is 1.85. The Morgan fingerprint density at radius 3 is 2.24 bits per heavy atom. The SMILES string of the molecule is CC(C)c1nn(C(C)C)cc1-c1ccncc1. The van der Waals surface area contributed by atoms with Gasteiger partial charge in [0.05, 0.1) is 5.69 Å². The first-order valence-corrected chi connectivity index (χ1v) is 6.09. The van der Waals surface area contributed by atoms with Crippen molar-refractivity contribution < 1.29 is 0 Å². The Morgan fingerprint density at radius 2 is 1.71 bits per heavy atom. The normalized spacial score (nSPS) is 11.4. The van der Waals surface area contributed by atoms with Crippen molar-refractivity contribution in [3.8, 4) is 11.1 Å². The van der Waals surface area contributed by atoms with Crippen LogP contribution >= 0.6 is 0 Å². The minimum Gasteiger partial charge on any atom is -0.269 e. The molecule has 0 aromatic carbocycles. The maximum absolute atomic E-state index is 4.68. The highest BCUT2D eigenvalue weighted by molar-refractivity contribution is 5.65. The predicted octanol–water partition coefficient (Wildman–Crippen LogP) is 3.65. The van der Waals surface area contributed by atoms with Crippen LogP contribution in [0.2, 0.25) is 0 Å². The molecule has 0 radical (unpaired) electrons. The van der Waals surface area contributed by atoms with Gasteiger partial charge < -0.3 is 0 Å². The monoisotopic (exact) mass is 229 g/mol. The maximum atomic E-state index is 4.68. The van der Waals surface area contributed by atoms with Gasteiger partial charge in [-0.3, -0.25) is 9.67 Å². The molecule has 0 saturated heterocycles. The second-order valence-corrected chi connectivity index (χ2v) is 4.89. The van der Waals surface area contributed by atoms with E-state index in [4.69, 9.17) is 0 Å². The highest BCUT2D eigenvalue weighted by atomic mass is 15.3. The average Bonchev–Trinajstić information content (AvgIpc) is 2.75. The predicted molar refractivity (Wildman–Crippen MR) is 69.9 cm³/mol. The first-order valence-electron chi connectivity index (χ1n) is 6.09. The zero-order valence-corrected chi connectivity index (χ0v) is 10.9. The molecule has 0 aliphatic rings. The number of hydrogen-bond donors (Lipinski definition) is 0. The van der Waals surface area contributed by atoms with Crippen molar-refractivity contribution >= 4 is 0 Å². The highest BCUT2D eigenvalue weighted by Crippen LogP contribution is 2.28. The van der Waals surface area contributed by atoms with E-state index in [9.17, 15) is 0 Å². The molecule has 0 amide bonds. The van der Waals surface area contributed by atoms with Crippen LogP contribution in [0.4, 0.5) is 0 Å². The molecule has 3 nitrogen and oxygen atoms in total. The minimum absolute atomic E-state index is 0.392. The molecule has 0 unspecified atom stereocenters. The summed E-state index contributed by atoms with van der Waals surface area (Å²) in [5.74, 6) is 0.429. The summed E-state index contributed by atoms with van der Waals surface area (Å²) in [6.07, 6.45) is 5.79. The number of nitrogens with zero attached hydrogens (tertiary/aromatic N) is 3. The van der Waals surface area contributed by atoms with Crippen LogP contribution in [-0.4, -0.2) is 14.8 Å². The molecule has 0 fully saturated rings. The summed E-state index contributed by atoms with van der Waals surface area (Å²) in [6.45, 7) is 8.65. The second kappa shape index (κ2) is 4.70. The molecule has 90 valence electrons. The summed E-state index contributed by atoms with van der Waals surface area (Å²) >= 11 is 0. The summed E-state index contributed by atoms with van der Waals surface area (Å²) in [7, 11) is 0. The topological polar surface area (TPSA) is 30.7 Å². The second-order valence-electron chi connectivity index (χ2n) is 4.89. The Morgan fingerprint density at radius 1 is 1.06 bits per heavy atom. The van der Waals surface area contributed by atoms with Crippen molar-refractivity contribution in [2.45, 2.75) is 39.7 Å². The number of hydrogen-bond acceptors (Lipinski definition) is 2. The van der Waals surface area contributed by atoms with Gasteiger partial charge in [0, 0.05) is 30.2 Å². The van der Waals surface area contributed by atoms with Crippen LogP contribution in [-0.2, 0) is 0 Å². The van der Waals surface area contributed by atoms with Crippen molar-refractivity contribution in [3.05, 3.63) is 36.4 Å². The van der Waals surface area contributed by atoms with Crippen LogP contribution in [0.3, 0.4) is 0 Å². The summed E-state index contributed by atoms with van der Waals surface area (Å²) in [6, 6.07) is 4.46. The molecule has 0 aliphatic heterocycles. The summed E-state index contributed by atoms with van der Waals surface area (Å²) < 4.78 is 2.03. The van der Waals surface area contributed by atoms with Gasteiger partial charge in [-0.2, -0.15) is 5.10 Å². The third-order valence-electron chi connectivity index (χ3n) is 2.83. The fraction of sp³-hybridized carbons (Fsp3) is 0.429.